The lowest BCUT2D eigenvalue weighted by Crippen LogP contribution is -2.15. The van der Waals surface area contributed by atoms with Gasteiger partial charge in [-0.25, -0.2) is 9.97 Å². The Hall–Kier alpha value is -1.38. The number of nitrogen functional groups attached to an aromatic ring is 1. The highest BCUT2D eigenvalue weighted by atomic mass is 79.9. The molecule has 2 N–H and O–H groups in total. The standard InChI is InChI=1S/C8H7BrF3N3O2/c9-6-5(8(10,11)12)15-7(13)4(14-6)1-2-17-3-16/h3H,1-2H2,(H2,13,15). The van der Waals surface area contributed by atoms with Crippen molar-refractivity contribution in [1.29, 1.82) is 0 Å². The van der Waals surface area contributed by atoms with E-state index in [1.807, 2.05) is 0 Å². The quantitative estimate of drug-likeness (QED) is 0.674. The van der Waals surface area contributed by atoms with Crippen molar-refractivity contribution in [1.82, 2.24) is 9.97 Å². The number of alkyl halides is 3. The molecule has 94 valence electrons. The second-order valence-electron chi connectivity index (χ2n) is 2.91. The summed E-state index contributed by atoms with van der Waals surface area (Å²) in [4.78, 5) is 16.7. The number of rotatable bonds is 4. The van der Waals surface area contributed by atoms with E-state index in [0.717, 1.165) is 0 Å². The van der Waals surface area contributed by atoms with E-state index in [1.165, 1.54) is 0 Å². The highest BCUT2D eigenvalue weighted by Gasteiger charge is 2.36. The number of aromatic nitrogens is 2. The lowest BCUT2D eigenvalue weighted by atomic mass is 10.3. The Balaban J connectivity index is 2.97. The van der Waals surface area contributed by atoms with Crippen molar-refractivity contribution < 1.29 is 22.7 Å². The van der Waals surface area contributed by atoms with Crippen LogP contribution < -0.4 is 5.73 Å². The van der Waals surface area contributed by atoms with Crippen molar-refractivity contribution in [2.24, 2.45) is 0 Å². The molecule has 0 saturated carbocycles. The van der Waals surface area contributed by atoms with Gasteiger partial charge in [0.15, 0.2) is 5.69 Å². The van der Waals surface area contributed by atoms with E-state index in [-0.39, 0.29) is 31.0 Å². The maximum absolute atomic E-state index is 12.4. The molecule has 1 aromatic rings. The maximum Gasteiger partial charge on any atom is 0.436 e. The van der Waals surface area contributed by atoms with E-state index in [0.29, 0.717) is 0 Å². The van der Waals surface area contributed by atoms with Gasteiger partial charge in [0.1, 0.15) is 10.4 Å². The fraction of sp³-hybridized carbons (Fsp3) is 0.375. The van der Waals surface area contributed by atoms with Gasteiger partial charge in [-0.1, -0.05) is 0 Å². The van der Waals surface area contributed by atoms with E-state index in [4.69, 9.17) is 5.73 Å². The summed E-state index contributed by atoms with van der Waals surface area (Å²) in [5.41, 5.74) is 4.28. The molecule has 17 heavy (non-hydrogen) atoms. The van der Waals surface area contributed by atoms with Gasteiger partial charge in [-0.3, -0.25) is 4.79 Å². The molecule has 0 radical (unpaired) electrons. The zero-order valence-electron chi connectivity index (χ0n) is 8.29. The number of carbonyl (C=O) groups excluding carboxylic acids is 1. The van der Waals surface area contributed by atoms with E-state index < -0.39 is 16.5 Å². The van der Waals surface area contributed by atoms with E-state index in [2.05, 4.69) is 30.6 Å². The number of hydrogen-bond acceptors (Lipinski definition) is 5. The van der Waals surface area contributed by atoms with Gasteiger partial charge in [0, 0.05) is 6.42 Å². The van der Waals surface area contributed by atoms with Crippen LogP contribution in [0.3, 0.4) is 0 Å². The summed E-state index contributed by atoms with van der Waals surface area (Å²) in [5, 5.41) is 0. The van der Waals surface area contributed by atoms with E-state index in [9.17, 15) is 18.0 Å². The number of nitrogens with zero attached hydrogens (tertiary/aromatic N) is 2. The molecule has 0 aliphatic carbocycles. The first-order valence-electron chi connectivity index (χ1n) is 4.30. The summed E-state index contributed by atoms with van der Waals surface area (Å²) in [6.07, 6.45) is -4.54. The minimum absolute atomic E-state index is 0.0276. The smallest absolute Gasteiger partial charge is 0.436 e. The first kappa shape index (κ1) is 13.7. The van der Waals surface area contributed by atoms with Gasteiger partial charge in [0.25, 0.3) is 6.47 Å². The van der Waals surface area contributed by atoms with Gasteiger partial charge in [0.2, 0.25) is 0 Å². The Bertz CT molecular complexity index is 425. The molecule has 0 aliphatic heterocycles. The number of anilines is 1. The van der Waals surface area contributed by atoms with Crippen molar-refractivity contribution in [2.45, 2.75) is 12.6 Å². The molecule has 0 bridgehead atoms. The molecule has 1 aromatic heterocycles. The highest BCUT2D eigenvalue weighted by molar-refractivity contribution is 9.10. The fourth-order valence-corrected chi connectivity index (χ4v) is 1.56. The Labute approximate surface area is 102 Å². The zero-order chi connectivity index (χ0) is 13.1. The van der Waals surface area contributed by atoms with Crippen molar-refractivity contribution in [3.63, 3.8) is 0 Å². The number of hydrogen-bond donors (Lipinski definition) is 1. The van der Waals surface area contributed by atoms with Crippen LogP contribution in [0.2, 0.25) is 0 Å². The molecule has 0 fully saturated rings. The van der Waals surface area contributed by atoms with Gasteiger partial charge < -0.3 is 10.5 Å². The van der Waals surface area contributed by atoms with Crippen molar-refractivity contribution in [2.75, 3.05) is 12.3 Å². The predicted molar refractivity (Wildman–Crippen MR) is 54.9 cm³/mol. The largest absolute Gasteiger partial charge is 0.467 e. The minimum Gasteiger partial charge on any atom is -0.467 e. The molecule has 0 unspecified atom stereocenters. The Morgan fingerprint density at radius 1 is 1.41 bits per heavy atom. The molecular formula is C8H7BrF3N3O2. The van der Waals surface area contributed by atoms with Gasteiger partial charge in [-0.15, -0.1) is 0 Å². The van der Waals surface area contributed by atoms with Gasteiger partial charge >= 0.3 is 6.18 Å². The molecule has 0 amide bonds. The molecule has 5 nitrogen and oxygen atoms in total. The summed E-state index contributed by atoms with van der Waals surface area (Å²) in [6, 6.07) is 0. The van der Waals surface area contributed by atoms with Crippen LogP contribution in [-0.2, 0) is 22.1 Å². The molecule has 0 aliphatic rings. The van der Waals surface area contributed by atoms with Crippen molar-refractivity contribution in [3.8, 4) is 0 Å². The Morgan fingerprint density at radius 3 is 2.59 bits per heavy atom. The average molecular weight is 314 g/mol. The molecule has 9 heteroatoms. The highest BCUT2D eigenvalue weighted by Crippen LogP contribution is 2.33. The molecular weight excluding hydrogens is 307 g/mol. The van der Waals surface area contributed by atoms with Crippen LogP contribution in [0.1, 0.15) is 11.4 Å². The second-order valence-corrected chi connectivity index (χ2v) is 3.66. The van der Waals surface area contributed by atoms with Gasteiger partial charge in [-0.05, 0) is 15.9 Å². The predicted octanol–water partition coefficient (Wildman–Crippen LogP) is 1.56. The van der Waals surface area contributed by atoms with Crippen LogP contribution in [-0.4, -0.2) is 23.0 Å². The Kier molecular flexibility index (Phi) is 4.27. The van der Waals surface area contributed by atoms with Crippen LogP contribution >= 0.6 is 15.9 Å². The molecule has 1 rings (SSSR count). The second kappa shape index (κ2) is 5.30. The molecule has 0 saturated heterocycles. The molecule has 0 atom stereocenters. The first-order valence-corrected chi connectivity index (χ1v) is 5.10. The number of halogens is 4. The molecule has 0 spiro atoms. The molecule has 1 heterocycles. The molecule has 0 aromatic carbocycles. The summed E-state index contributed by atoms with van der Waals surface area (Å²) in [5.74, 6) is -0.338. The summed E-state index contributed by atoms with van der Waals surface area (Å²) >= 11 is 2.67. The van der Waals surface area contributed by atoms with Crippen LogP contribution in [0.5, 0.6) is 0 Å². The SMILES string of the molecule is Nc1nc(C(F)(F)F)c(Br)nc1CCOC=O. The third-order valence-corrected chi connectivity index (χ3v) is 2.30. The Morgan fingerprint density at radius 2 is 2.06 bits per heavy atom. The van der Waals surface area contributed by atoms with Crippen LogP contribution in [0, 0.1) is 0 Å². The van der Waals surface area contributed by atoms with E-state index in [1.54, 1.807) is 0 Å². The number of ether oxygens (including phenoxy) is 1. The number of carbonyl (C=O) groups is 1. The normalized spacial score (nSPS) is 11.3. The maximum atomic E-state index is 12.4. The van der Waals surface area contributed by atoms with Crippen molar-refractivity contribution >= 4 is 28.2 Å². The van der Waals surface area contributed by atoms with Crippen LogP contribution in [0.4, 0.5) is 19.0 Å². The third kappa shape index (κ3) is 3.55. The summed E-state index contributed by atoms with van der Waals surface area (Å²) in [6.45, 7) is 0.197. The first-order chi connectivity index (χ1) is 7.86. The lowest BCUT2D eigenvalue weighted by Gasteiger charge is -2.10. The van der Waals surface area contributed by atoms with Crippen LogP contribution in [0.15, 0.2) is 4.60 Å². The van der Waals surface area contributed by atoms with Gasteiger partial charge in [-0.2, -0.15) is 13.2 Å². The topological polar surface area (TPSA) is 78.1 Å². The average Bonchev–Trinajstić information content (AvgIpc) is 2.21. The van der Waals surface area contributed by atoms with Crippen LogP contribution in [0.25, 0.3) is 0 Å². The van der Waals surface area contributed by atoms with Gasteiger partial charge in [0.05, 0.1) is 12.3 Å². The zero-order valence-corrected chi connectivity index (χ0v) is 9.88. The van der Waals surface area contributed by atoms with E-state index >= 15 is 0 Å². The monoisotopic (exact) mass is 313 g/mol. The third-order valence-electron chi connectivity index (χ3n) is 1.75. The number of nitrogens with two attached hydrogens (primary N) is 1. The minimum atomic E-state index is -4.63. The fourth-order valence-electron chi connectivity index (χ4n) is 1.03. The summed E-state index contributed by atoms with van der Waals surface area (Å²) in [7, 11) is 0. The van der Waals surface area contributed by atoms with Crippen molar-refractivity contribution in [3.05, 3.63) is 16.0 Å². The lowest BCUT2D eigenvalue weighted by molar-refractivity contribution is -0.142. The summed E-state index contributed by atoms with van der Waals surface area (Å²) < 4.78 is 41.2.